The Morgan fingerprint density at radius 3 is 1.44 bits per heavy atom. The second-order valence-electron chi connectivity index (χ2n) is 8.58. The lowest BCUT2D eigenvalue weighted by molar-refractivity contribution is 0.572. The molecule has 0 aromatic carbocycles. The zero-order valence-corrected chi connectivity index (χ0v) is 16.5. The molecule has 0 fully saturated rings. The van der Waals surface area contributed by atoms with Gasteiger partial charge in [0.15, 0.2) is 0 Å². The van der Waals surface area contributed by atoms with Crippen LogP contribution in [-0.2, 0) is 10.8 Å². The normalized spacial score (nSPS) is 13.4. The number of hydrogen-bond acceptors (Lipinski definition) is 2. The zero-order valence-electron chi connectivity index (χ0n) is 16.5. The van der Waals surface area contributed by atoms with Gasteiger partial charge < -0.3 is 9.97 Å². The van der Waals surface area contributed by atoms with Crippen molar-refractivity contribution in [2.75, 3.05) is 13.1 Å². The van der Waals surface area contributed by atoms with E-state index in [1.54, 1.807) is 0 Å². The number of aromatic nitrogens is 2. The summed E-state index contributed by atoms with van der Waals surface area (Å²) in [6.07, 6.45) is 4.78. The van der Waals surface area contributed by atoms with Gasteiger partial charge in [-0.1, -0.05) is 41.5 Å². The van der Waals surface area contributed by atoms with E-state index < -0.39 is 0 Å². The van der Waals surface area contributed by atoms with Gasteiger partial charge in [0.2, 0.25) is 0 Å². The predicted octanol–water partition coefficient (Wildman–Crippen LogP) is 4.87. The van der Waals surface area contributed by atoms with E-state index in [4.69, 9.17) is 0 Å². The van der Waals surface area contributed by atoms with Crippen molar-refractivity contribution in [3.8, 4) is 0 Å². The van der Waals surface area contributed by atoms with Gasteiger partial charge in [0.1, 0.15) is 0 Å². The van der Waals surface area contributed by atoms with E-state index in [1.165, 1.54) is 11.4 Å². The lowest BCUT2D eigenvalue weighted by atomic mass is 9.93. The first-order chi connectivity index (χ1) is 11.7. The molecule has 0 atom stereocenters. The minimum Gasteiger partial charge on any atom is -0.357 e. The highest BCUT2D eigenvalue weighted by Crippen LogP contribution is 2.21. The van der Waals surface area contributed by atoms with Gasteiger partial charge >= 0.3 is 0 Å². The molecule has 0 aliphatic heterocycles. The number of aromatic amines is 2. The van der Waals surface area contributed by atoms with Crippen LogP contribution >= 0.6 is 0 Å². The molecule has 0 saturated carbocycles. The van der Waals surface area contributed by atoms with E-state index in [-0.39, 0.29) is 10.8 Å². The molecule has 0 bridgehead atoms. The van der Waals surface area contributed by atoms with E-state index in [0.717, 1.165) is 30.9 Å². The molecule has 136 valence electrons. The number of nitrogens with one attached hydrogen (secondary N) is 2. The first-order valence-corrected chi connectivity index (χ1v) is 9.05. The summed E-state index contributed by atoms with van der Waals surface area (Å²) >= 11 is 0. The molecule has 2 aromatic heterocycles. The third-order valence-corrected chi connectivity index (χ3v) is 4.07. The van der Waals surface area contributed by atoms with Gasteiger partial charge in [-0.3, -0.25) is 9.98 Å². The Morgan fingerprint density at radius 1 is 0.720 bits per heavy atom. The van der Waals surface area contributed by atoms with Crippen LogP contribution in [0.3, 0.4) is 0 Å². The van der Waals surface area contributed by atoms with E-state index >= 15 is 0 Å². The molecule has 0 amide bonds. The van der Waals surface area contributed by atoms with Crippen molar-refractivity contribution in [1.29, 1.82) is 0 Å². The average molecular weight is 341 g/mol. The van der Waals surface area contributed by atoms with Gasteiger partial charge in [0, 0.05) is 47.7 Å². The lowest BCUT2D eigenvalue weighted by Gasteiger charge is -2.15. The van der Waals surface area contributed by atoms with E-state index in [9.17, 15) is 0 Å². The molecular weight excluding hydrogens is 308 g/mol. The maximum absolute atomic E-state index is 4.48. The first-order valence-electron chi connectivity index (χ1n) is 9.05. The summed E-state index contributed by atoms with van der Waals surface area (Å²) in [5.41, 5.74) is 4.89. The van der Waals surface area contributed by atoms with Gasteiger partial charge in [0.05, 0.1) is 11.4 Å². The van der Waals surface area contributed by atoms with Gasteiger partial charge in [0.25, 0.3) is 0 Å². The summed E-state index contributed by atoms with van der Waals surface area (Å²) in [6.45, 7) is 14.8. The Bertz CT molecular complexity index is 655. The molecule has 2 heterocycles. The van der Waals surface area contributed by atoms with Crippen molar-refractivity contribution in [3.63, 3.8) is 0 Å². The molecule has 0 aliphatic carbocycles. The Morgan fingerprint density at radius 2 is 1.12 bits per heavy atom. The van der Waals surface area contributed by atoms with Crippen LogP contribution in [0.15, 0.2) is 34.3 Å². The van der Waals surface area contributed by atoms with Crippen LogP contribution in [0.1, 0.15) is 70.7 Å². The minimum atomic E-state index is 0.144. The molecule has 25 heavy (non-hydrogen) atoms. The summed E-state index contributed by atoms with van der Waals surface area (Å²) < 4.78 is 0. The number of hydrogen-bond donors (Lipinski definition) is 2. The van der Waals surface area contributed by atoms with E-state index in [2.05, 4.69) is 85.8 Å². The van der Waals surface area contributed by atoms with Crippen LogP contribution in [0.5, 0.6) is 0 Å². The Labute approximate surface area is 151 Å². The van der Waals surface area contributed by atoms with Crippen LogP contribution in [0, 0.1) is 0 Å². The third-order valence-electron chi connectivity index (χ3n) is 4.07. The fourth-order valence-electron chi connectivity index (χ4n) is 2.43. The molecular formula is C21H32N4. The lowest BCUT2D eigenvalue weighted by Crippen LogP contribution is -2.11. The van der Waals surface area contributed by atoms with Crippen LogP contribution in [0.2, 0.25) is 0 Å². The van der Waals surface area contributed by atoms with Crippen molar-refractivity contribution in [2.24, 2.45) is 9.98 Å². The highest BCUT2D eigenvalue weighted by Gasteiger charge is 2.15. The van der Waals surface area contributed by atoms with Gasteiger partial charge in [-0.15, -0.1) is 0 Å². The molecule has 0 saturated heterocycles. The molecule has 0 unspecified atom stereocenters. The average Bonchev–Trinajstić information content (AvgIpc) is 3.14. The summed E-state index contributed by atoms with van der Waals surface area (Å²) in [6, 6.07) is 8.43. The second-order valence-corrected chi connectivity index (χ2v) is 8.58. The van der Waals surface area contributed by atoms with Crippen molar-refractivity contribution in [3.05, 3.63) is 47.0 Å². The third kappa shape index (κ3) is 6.04. The monoisotopic (exact) mass is 340 g/mol. The molecule has 2 N–H and O–H groups in total. The molecule has 4 heteroatoms. The van der Waals surface area contributed by atoms with E-state index in [1.807, 2.05) is 12.4 Å². The summed E-state index contributed by atoms with van der Waals surface area (Å²) in [7, 11) is 0. The summed E-state index contributed by atoms with van der Waals surface area (Å²) in [5, 5.41) is 0. The Kier molecular flexibility index (Phi) is 6.04. The standard InChI is InChI=1S/C21H32N4/c1-20(2,3)18-10-8-16(24-18)14-22-12-7-13-23-15-17-9-11-19(25-17)21(4,5)6/h8-11,14-15,24-25H,7,12-13H2,1-6H3. The molecule has 4 nitrogen and oxygen atoms in total. The number of H-pyrrole nitrogens is 2. The van der Waals surface area contributed by atoms with Gasteiger partial charge in [-0.2, -0.15) is 0 Å². The Hall–Kier alpha value is -2.10. The first kappa shape index (κ1) is 19.2. The topological polar surface area (TPSA) is 56.3 Å². The van der Waals surface area contributed by atoms with E-state index in [0.29, 0.717) is 0 Å². The minimum absolute atomic E-state index is 0.144. The van der Waals surface area contributed by atoms with Crippen LogP contribution < -0.4 is 0 Å². The SMILES string of the molecule is CC(C)(C)c1ccc(C=NCCCN=Cc2ccc(C(C)(C)C)[nH]2)[nH]1. The number of nitrogens with zero attached hydrogens (tertiary/aromatic N) is 2. The van der Waals surface area contributed by atoms with Crippen molar-refractivity contribution in [1.82, 2.24) is 9.97 Å². The maximum atomic E-state index is 4.48. The van der Waals surface area contributed by atoms with Gasteiger partial charge in [-0.25, -0.2) is 0 Å². The number of aliphatic imine (C=N–C) groups is 2. The quantitative estimate of drug-likeness (QED) is 0.557. The largest absolute Gasteiger partial charge is 0.357 e. The molecule has 0 spiro atoms. The predicted molar refractivity (Wildman–Crippen MR) is 109 cm³/mol. The molecule has 2 rings (SSSR count). The fraction of sp³-hybridized carbons (Fsp3) is 0.524. The highest BCUT2D eigenvalue weighted by atomic mass is 14.8. The molecule has 0 radical (unpaired) electrons. The van der Waals surface area contributed by atoms with Gasteiger partial charge in [-0.05, 0) is 30.7 Å². The zero-order chi connectivity index (χ0) is 18.5. The smallest absolute Gasteiger partial charge is 0.0564 e. The van der Waals surface area contributed by atoms with Crippen molar-refractivity contribution >= 4 is 12.4 Å². The molecule has 2 aromatic rings. The van der Waals surface area contributed by atoms with Crippen molar-refractivity contribution in [2.45, 2.75) is 58.8 Å². The number of rotatable bonds is 6. The van der Waals surface area contributed by atoms with Crippen molar-refractivity contribution < 1.29 is 0 Å². The molecule has 0 aliphatic rings. The van der Waals surface area contributed by atoms with Crippen LogP contribution in [-0.4, -0.2) is 35.5 Å². The summed E-state index contributed by atoms with van der Waals surface area (Å²) in [5.74, 6) is 0. The van der Waals surface area contributed by atoms with Crippen LogP contribution in [0.4, 0.5) is 0 Å². The maximum Gasteiger partial charge on any atom is 0.0564 e. The van der Waals surface area contributed by atoms with Crippen LogP contribution in [0.25, 0.3) is 0 Å². The summed E-state index contributed by atoms with van der Waals surface area (Å²) in [4.78, 5) is 15.8. The fourth-order valence-corrected chi connectivity index (χ4v) is 2.43. The second kappa shape index (κ2) is 7.85. The Balaban J connectivity index is 1.72. The highest BCUT2D eigenvalue weighted by molar-refractivity contribution is 5.78.